The first-order valence-corrected chi connectivity index (χ1v) is 11.8. The Hall–Kier alpha value is -1.90. The van der Waals surface area contributed by atoms with Gasteiger partial charge in [0.25, 0.3) is 0 Å². The third-order valence-electron chi connectivity index (χ3n) is 4.84. The average Bonchev–Trinajstić information content (AvgIpc) is 3.02. The minimum Gasteiger partial charge on any atom is -0.492 e. The summed E-state index contributed by atoms with van der Waals surface area (Å²) in [6.07, 6.45) is 0.736. The molecule has 2 aromatic rings. The number of sulfonamides is 1. The minimum atomic E-state index is -3.60. The molecule has 0 saturated carbocycles. The Kier molecular flexibility index (Phi) is 5.70. The summed E-state index contributed by atoms with van der Waals surface area (Å²) in [6, 6.07) is 12.8. The summed E-state index contributed by atoms with van der Waals surface area (Å²) in [6.45, 7) is 3.47. The molecule has 0 N–H and O–H groups in total. The Morgan fingerprint density at radius 2 is 1.96 bits per heavy atom. The zero-order chi connectivity index (χ0) is 19.6. The summed E-state index contributed by atoms with van der Waals surface area (Å²) in [5, 5.41) is 0.219. The zero-order valence-corrected chi connectivity index (χ0v) is 17.3. The van der Waals surface area contributed by atoms with Gasteiger partial charge in [0.2, 0.25) is 16.8 Å². The third-order valence-corrected chi connectivity index (χ3v) is 8.10. The van der Waals surface area contributed by atoms with Crippen LogP contribution in [0.25, 0.3) is 0 Å². The van der Waals surface area contributed by atoms with Crippen LogP contribution < -0.4 is 14.2 Å². The highest BCUT2D eigenvalue weighted by atomic mass is 32.2. The summed E-state index contributed by atoms with van der Waals surface area (Å²) >= 11 is 1.78. The van der Waals surface area contributed by atoms with E-state index in [1.54, 1.807) is 40.3 Å². The molecule has 2 aliphatic rings. The second kappa shape index (κ2) is 8.23. The maximum atomic E-state index is 13.2. The van der Waals surface area contributed by atoms with E-state index in [2.05, 4.69) is 0 Å². The van der Waals surface area contributed by atoms with Crippen molar-refractivity contribution in [2.45, 2.75) is 23.5 Å². The second-order valence-corrected chi connectivity index (χ2v) is 9.76. The molecule has 1 atom stereocenters. The second-order valence-electron chi connectivity index (χ2n) is 6.54. The smallest absolute Gasteiger partial charge is 0.246 e. The number of benzene rings is 2. The molecule has 0 radical (unpaired) electrons. The van der Waals surface area contributed by atoms with E-state index in [9.17, 15) is 8.42 Å². The first-order chi connectivity index (χ1) is 13.6. The molecule has 8 heteroatoms. The van der Waals surface area contributed by atoms with Gasteiger partial charge in [0.05, 0.1) is 6.61 Å². The van der Waals surface area contributed by atoms with Crippen LogP contribution in [0.1, 0.15) is 24.2 Å². The van der Waals surface area contributed by atoms with Gasteiger partial charge in [0.1, 0.15) is 10.6 Å². The summed E-state index contributed by atoms with van der Waals surface area (Å²) in [7, 11) is -3.60. The van der Waals surface area contributed by atoms with Gasteiger partial charge in [-0.25, -0.2) is 8.42 Å². The number of thioether (sulfide) groups is 1. The third kappa shape index (κ3) is 3.81. The van der Waals surface area contributed by atoms with Gasteiger partial charge in [-0.05, 0) is 43.2 Å². The van der Waals surface area contributed by atoms with E-state index < -0.39 is 10.0 Å². The number of fused-ring (bicyclic) bond motifs is 1. The molecule has 1 unspecified atom stereocenters. The Bertz CT molecular complexity index is 947. The van der Waals surface area contributed by atoms with Crippen molar-refractivity contribution in [1.29, 1.82) is 0 Å². The van der Waals surface area contributed by atoms with Crippen LogP contribution in [0.5, 0.6) is 17.2 Å². The van der Waals surface area contributed by atoms with Crippen molar-refractivity contribution in [3.63, 3.8) is 0 Å². The minimum absolute atomic E-state index is 0.219. The number of hydrogen-bond donors (Lipinski definition) is 0. The monoisotopic (exact) mass is 421 g/mol. The SMILES string of the molecule is CCOc1ccccc1S(=O)(=O)N1CCSC(c2ccc3c(c2)OCO3)CC1. The predicted molar refractivity (Wildman–Crippen MR) is 109 cm³/mol. The fraction of sp³-hybridized carbons (Fsp3) is 0.400. The summed E-state index contributed by atoms with van der Waals surface area (Å²) in [5.41, 5.74) is 1.14. The van der Waals surface area contributed by atoms with Crippen molar-refractivity contribution >= 4 is 21.8 Å². The standard InChI is InChI=1S/C20H23NO5S2/c1-2-24-17-5-3-4-6-20(17)28(22,23)21-10-9-19(27-12-11-21)15-7-8-16-18(13-15)26-14-25-16/h3-8,13,19H,2,9-12,14H2,1H3. The average molecular weight is 422 g/mol. The first-order valence-electron chi connectivity index (χ1n) is 9.32. The number of hydrogen-bond acceptors (Lipinski definition) is 6. The lowest BCUT2D eigenvalue weighted by molar-refractivity contribution is 0.174. The maximum Gasteiger partial charge on any atom is 0.246 e. The lowest BCUT2D eigenvalue weighted by Gasteiger charge is -2.21. The first kappa shape index (κ1) is 19.4. The highest BCUT2D eigenvalue weighted by Crippen LogP contribution is 2.41. The van der Waals surface area contributed by atoms with E-state index in [0.29, 0.717) is 25.4 Å². The fourth-order valence-electron chi connectivity index (χ4n) is 3.45. The Labute approximate surface area is 169 Å². The van der Waals surface area contributed by atoms with Crippen LogP contribution in [-0.4, -0.2) is 45.0 Å². The number of rotatable bonds is 5. The van der Waals surface area contributed by atoms with Gasteiger partial charge in [0, 0.05) is 24.1 Å². The van der Waals surface area contributed by atoms with E-state index in [-0.39, 0.29) is 16.9 Å². The van der Waals surface area contributed by atoms with E-state index >= 15 is 0 Å². The normalized spacial score (nSPS) is 20.0. The van der Waals surface area contributed by atoms with E-state index in [1.165, 1.54) is 0 Å². The molecular weight excluding hydrogens is 398 g/mol. The molecule has 2 aliphatic heterocycles. The molecule has 4 rings (SSSR count). The van der Waals surface area contributed by atoms with Crippen LogP contribution in [0.15, 0.2) is 47.4 Å². The quantitative estimate of drug-likeness (QED) is 0.734. The van der Waals surface area contributed by atoms with E-state index in [0.717, 1.165) is 29.2 Å². The largest absolute Gasteiger partial charge is 0.492 e. The highest BCUT2D eigenvalue weighted by Gasteiger charge is 2.31. The van der Waals surface area contributed by atoms with Crippen molar-refractivity contribution in [3.05, 3.63) is 48.0 Å². The van der Waals surface area contributed by atoms with Crippen LogP contribution in [-0.2, 0) is 10.0 Å². The van der Waals surface area contributed by atoms with Gasteiger partial charge < -0.3 is 14.2 Å². The van der Waals surface area contributed by atoms with Crippen molar-refractivity contribution < 1.29 is 22.6 Å². The fourth-order valence-corrected chi connectivity index (χ4v) is 6.37. The van der Waals surface area contributed by atoms with Crippen LogP contribution >= 0.6 is 11.8 Å². The molecule has 150 valence electrons. The molecule has 0 aromatic heterocycles. The lowest BCUT2D eigenvalue weighted by Crippen LogP contribution is -2.33. The molecule has 0 bridgehead atoms. The van der Waals surface area contributed by atoms with Crippen LogP contribution in [0.2, 0.25) is 0 Å². The van der Waals surface area contributed by atoms with Gasteiger partial charge in [-0.3, -0.25) is 0 Å². The van der Waals surface area contributed by atoms with Crippen molar-refractivity contribution in [2.24, 2.45) is 0 Å². The topological polar surface area (TPSA) is 65.1 Å². The molecule has 0 spiro atoms. The van der Waals surface area contributed by atoms with E-state index in [1.807, 2.05) is 25.1 Å². The summed E-state index contributed by atoms with van der Waals surface area (Å²) in [4.78, 5) is 0.239. The van der Waals surface area contributed by atoms with Crippen LogP contribution in [0.3, 0.4) is 0 Å². The Morgan fingerprint density at radius 3 is 2.82 bits per heavy atom. The maximum absolute atomic E-state index is 13.2. The van der Waals surface area contributed by atoms with Gasteiger partial charge in [-0.15, -0.1) is 0 Å². The van der Waals surface area contributed by atoms with Gasteiger partial charge >= 0.3 is 0 Å². The van der Waals surface area contributed by atoms with Crippen molar-refractivity contribution in [1.82, 2.24) is 4.31 Å². The predicted octanol–water partition coefficient (Wildman–Crippen LogP) is 3.68. The number of ether oxygens (including phenoxy) is 3. The Balaban J connectivity index is 1.52. The summed E-state index contributed by atoms with van der Waals surface area (Å²) in [5.74, 6) is 2.67. The van der Waals surface area contributed by atoms with Crippen LogP contribution in [0.4, 0.5) is 0 Å². The highest BCUT2D eigenvalue weighted by molar-refractivity contribution is 7.99. The molecule has 28 heavy (non-hydrogen) atoms. The Morgan fingerprint density at radius 1 is 1.14 bits per heavy atom. The molecule has 6 nitrogen and oxygen atoms in total. The molecule has 0 aliphatic carbocycles. The van der Waals surface area contributed by atoms with Gasteiger partial charge in [-0.2, -0.15) is 16.1 Å². The molecule has 2 aromatic carbocycles. The lowest BCUT2D eigenvalue weighted by atomic mass is 10.1. The summed E-state index contributed by atoms with van der Waals surface area (Å²) < 4.78 is 44.4. The molecule has 0 amide bonds. The van der Waals surface area contributed by atoms with Gasteiger partial charge in [0.15, 0.2) is 11.5 Å². The zero-order valence-electron chi connectivity index (χ0n) is 15.7. The van der Waals surface area contributed by atoms with Crippen molar-refractivity contribution in [3.8, 4) is 17.2 Å². The molecular formula is C20H23NO5S2. The number of nitrogens with zero attached hydrogens (tertiary/aromatic N) is 1. The molecule has 1 saturated heterocycles. The van der Waals surface area contributed by atoms with E-state index in [4.69, 9.17) is 14.2 Å². The van der Waals surface area contributed by atoms with Gasteiger partial charge in [-0.1, -0.05) is 18.2 Å². The molecule has 2 heterocycles. The van der Waals surface area contributed by atoms with Crippen molar-refractivity contribution in [2.75, 3.05) is 32.2 Å². The molecule has 1 fully saturated rings. The number of para-hydroxylation sites is 1. The van der Waals surface area contributed by atoms with Crippen LogP contribution in [0, 0.1) is 0 Å².